The van der Waals surface area contributed by atoms with Gasteiger partial charge in [0.25, 0.3) is 5.91 Å². The van der Waals surface area contributed by atoms with Gasteiger partial charge in [-0.2, -0.15) is 0 Å². The second kappa shape index (κ2) is 7.21. The third-order valence-electron chi connectivity index (χ3n) is 3.99. The summed E-state index contributed by atoms with van der Waals surface area (Å²) in [6, 6.07) is 4.72. The molecule has 0 aromatic heterocycles. The lowest BCUT2D eigenvalue weighted by atomic mass is 10.0. The maximum atomic E-state index is 12.3. The van der Waals surface area contributed by atoms with Crippen molar-refractivity contribution in [2.24, 2.45) is 0 Å². The molecule has 1 aliphatic rings. The van der Waals surface area contributed by atoms with E-state index in [1.807, 2.05) is 0 Å². The number of benzene rings is 1. The number of carbonyl (C=O) groups is 2. The van der Waals surface area contributed by atoms with Crippen molar-refractivity contribution in [1.29, 1.82) is 0 Å². The standard InChI is InChI=1S/C16H22N2O5S/c1-11(5-8-15(19)20)17-16(21)13-6-7-14-12(10-13)4-3-9-18(14)24(2,22)23/h6-7,10-11H,3-5,8-9H2,1-2H3,(H,17,21)(H,19,20). The van der Waals surface area contributed by atoms with Crippen LogP contribution in [0.15, 0.2) is 18.2 Å². The Balaban J connectivity index is 2.13. The van der Waals surface area contributed by atoms with Crippen molar-refractivity contribution >= 4 is 27.6 Å². The van der Waals surface area contributed by atoms with Gasteiger partial charge in [0.15, 0.2) is 0 Å². The van der Waals surface area contributed by atoms with E-state index in [2.05, 4.69) is 5.32 Å². The predicted octanol–water partition coefficient (Wildman–Crippen LogP) is 1.38. The molecule has 1 aromatic rings. The molecule has 24 heavy (non-hydrogen) atoms. The van der Waals surface area contributed by atoms with Crippen molar-refractivity contribution in [1.82, 2.24) is 5.32 Å². The van der Waals surface area contributed by atoms with Crippen molar-refractivity contribution in [2.75, 3.05) is 17.1 Å². The Kier molecular flexibility index (Phi) is 5.48. The molecule has 1 aliphatic heterocycles. The van der Waals surface area contributed by atoms with Crippen LogP contribution >= 0.6 is 0 Å². The third-order valence-corrected chi connectivity index (χ3v) is 5.17. The summed E-state index contributed by atoms with van der Waals surface area (Å²) in [6.45, 7) is 2.20. The number of amides is 1. The Labute approximate surface area is 141 Å². The fraction of sp³-hybridized carbons (Fsp3) is 0.500. The summed E-state index contributed by atoms with van der Waals surface area (Å²) in [5.74, 6) is -1.18. The van der Waals surface area contributed by atoms with Crippen LogP contribution < -0.4 is 9.62 Å². The number of fused-ring (bicyclic) bond motifs is 1. The summed E-state index contributed by atoms with van der Waals surface area (Å²) in [5.41, 5.74) is 1.91. The van der Waals surface area contributed by atoms with Gasteiger partial charge < -0.3 is 10.4 Å². The molecule has 0 fully saturated rings. The van der Waals surface area contributed by atoms with Crippen LogP contribution in [0.3, 0.4) is 0 Å². The number of rotatable bonds is 6. The fourth-order valence-electron chi connectivity index (χ4n) is 2.77. The quantitative estimate of drug-likeness (QED) is 0.803. The fourth-order valence-corrected chi connectivity index (χ4v) is 3.76. The highest BCUT2D eigenvalue weighted by Crippen LogP contribution is 2.29. The van der Waals surface area contributed by atoms with Crippen molar-refractivity contribution in [2.45, 2.75) is 38.6 Å². The molecule has 0 spiro atoms. The molecule has 0 saturated carbocycles. The van der Waals surface area contributed by atoms with Gasteiger partial charge in [-0.25, -0.2) is 8.42 Å². The monoisotopic (exact) mass is 354 g/mol. The Morgan fingerprint density at radius 3 is 2.71 bits per heavy atom. The van der Waals surface area contributed by atoms with Crippen molar-refractivity contribution in [3.63, 3.8) is 0 Å². The first kappa shape index (κ1) is 18.3. The van der Waals surface area contributed by atoms with E-state index in [1.165, 1.54) is 10.6 Å². The molecule has 0 saturated heterocycles. The predicted molar refractivity (Wildman–Crippen MR) is 90.8 cm³/mol. The number of aliphatic carboxylic acids is 1. The summed E-state index contributed by atoms with van der Waals surface area (Å²) >= 11 is 0. The van der Waals surface area contributed by atoms with Crippen LogP contribution in [-0.4, -0.2) is 44.2 Å². The topological polar surface area (TPSA) is 104 Å². The first-order valence-electron chi connectivity index (χ1n) is 7.82. The summed E-state index contributed by atoms with van der Waals surface area (Å²) < 4.78 is 25.0. The minimum atomic E-state index is -3.33. The number of carbonyl (C=O) groups excluding carboxylic acids is 1. The molecule has 1 heterocycles. The second-order valence-electron chi connectivity index (χ2n) is 6.09. The SMILES string of the molecule is CC(CCC(=O)O)NC(=O)c1ccc2c(c1)CCCN2S(C)(=O)=O. The first-order chi connectivity index (χ1) is 11.2. The number of hydrogen-bond donors (Lipinski definition) is 2. The van der Waals surface area contributed by atoms with E-state index < -0.39 is 16.0 Å². The number of aryl methyl sites for hydroxylation is 1. The lowest BCUT2D eigenvalue weighted by molar-refractivity contribution is -0.137. The zero-order valence-corrected chi connectivity index (χ0v) is 14.6. The lowest BCUT2D eigenvalue weighted by Gasteiger charge is -2.29. The largest absolute Gasteiger partial charge is 0.481 e. The minimum absolute atomic E-state index is 0.00501. The Morgan fingerprint density at radius 2 is 2.08 bits per heavy atom. The zero-order valence-electron chi connectivity index (χ0n) is 13.8. The van der Waals surface area contributed by atoms with Crippen molar-refractivity contribution in [3.8, 4) is 0 Å². The number of carboxylic acids is 1. The number of carboxylic acid groups (broad SMARTS) is 1. The maximum absolute atomic E-state index is 12.3. The molecule has 0 radical (unpaired) electrons. The molecule has 1 aromatic carbocycles. The molecule has 132 valence electrons. The molecule has 1 atom stereocenters. The van der Waals surface area contributed by atoms with Gasteiger partial charge in [-0.3, -0.25) is 13.9 Å². The van der Waals surface area contributed by atoms with Gasteiger partial charge in [-0.05, 0) is 49.9 Å². The minimum Gasteiger partial charge on any atom is -0.481 e. The van der Waals surface area contributed by atoms with Gasteiger partial charge in [0.1, 0.15) is 0 Å². The van der Waals surface area contributed by atoms with Crippen LogP contribution in [0.4, 0.5) is 5.69 Å². The molecule has 8 heteroatoms. The molecule has 0 aliphatic carbocycles. The van der Waals surface area contributed by atoms with Gasteiger partial charge in [0.2, 0.25) is 10.0 Å². The van der Waals surface area contributed by atoms with E-state index in [1.54, 1.807) is 25.1 Å². The number of anilines is 1. The first-order valence-corrected chi connectivity index (χ1v) is 9.66. The zero-order chi connectivity index (χ0) is 17.9. The number of hydrogen-bond acceptors (Lipinski definition) is 4. The highest BCUT2D eigenvalue weighted by Gasteiger charge is 2.24. The average Bonchev–Trinajstić information content (AvgIpc) is 2.50. The number of nitrogens with one attached hydrogen (secondary N) is 1. The van der Waals surface area contributed by atoms with E-state index in [4.69, 9.17) is 5.11 Å². The van der Waals surface area contributed by atoms with Gasteiger partial charge in [-0.15, -0.1) is 0 Å². The third kappa shape index (κ3) is 4.47. The summed E-state index contributed by atoms with van der Waals surface area (Å²) in [7, 11) is -3.33. The van der Waals surface area contributed by atoms with E-state index >= 15 is 0 Å². The lowest BCUT2D eigenvalue weighted by Crippen LogP contribution is -2.35. The normalized spacial score (nSPS) is 15.5. The molecule has 1 amide bonds. The summed E-state index contributed by atoms with van der Waals surface area (Å²) in [5, 5.41) is 11.4. The number of sulfonamides is 1. The van der Waals surface area contributed by atoms with Crippen LogP contribution in [0.5, 0.6) is 0 Å². The Hall–Kier alpha value is -2.09. The van der Waals surface area contributed by atoms with Crippen LogP contribution in [0.25, 0.3) is 0 Å². The van der Waals surface area contributed by atoms with E-state index in [9.17, 15) is 18.0 Å². The maximum Gasteiger partial charge on any atom is 0.303 e. The Bertz CT molecular complexity index is 745. The highest BCUT2D eigenvalue weighted by atomic mass is 32.2. The van der Waals surface area contributed by atoms with E-state index in [0.29, 0.717) is 30.6 Å². The molecule has 0 bridgehead atoms. The average molecular weight is 354 g/mol. The summed E-state index contributed by atoms with van der Waals surface area (Å²) in [6.07, 6.45) is 2.95. The van der Waals surface area contributed by atoms with Crippen molar-refractivity contribution < 1.29 is 23.1 Å². The van der Waals surface area contributed by atoms with Crippen LogP contribution in [-0.2, 0) is 21.2 Å². The van der Waals surface area contributed by atoms with Crippen LogP contribution in [0, 0.1) is 0 Å². The molecule has 2 rings (SSSR count). The van der Waals surface area contributed by atoms with E-state index in [0.717, 1.165) is 12.0 Å². The second-order valence-corrected chi connectivity index (χ2v) is 8.00. The van der Waals surface area contributed by atoms with Gasteiger partial charge in [0, 0.05) is 24.6 Å². The van der Waals surface area contributed by atoms with Gasteiger partial charge in [0.05, 0.1) is 11.9 Å². The smallest absolute Gasteiger partial charge is 0.303 e. The summed E-state index contributed by atoms with van der Waals surface area (Å²) in [4.78, 5) is 22.8. The molecule has 2 N–H and O–H groups in total. The Morgan fingerprint density at radius 1 is 1.38 bits per heavy atom. The molecular formula is C16H22N2O5S. The number of nitrogens with zero attached hydrogens (tertiary/aromatic N) is 1. The molecule has 7 nitrogen and oxygen atoms in total. The van der Waals surface area contributed by atoms with Gasteiger partial charge >= 0.3 is 5.97 Å². The van der Waals surface area contributed by atoms with Crippen molar-refractivity contribution in [3.05, 3.63) is 29.3 Å². The van der Waals surface area contributed by atoms with Crippen LogP contribution in [0.1, 0.15) is 42.1 Å². The molecular weight excluding hydrogens is 332 g/mol. The molecule has 1 unspecified atom stereocenters. The van der Waals surface area contributed by atoms with Crippen LogP contribution in [0.2, 0.25) is 0 Å². The van der Waals surface area contributed by atoms with E-state index in [-0.39, 0.29) is 18.4 Å². The van der Waals surface area contributed by atoms with Gasteiger partial charge in [-0.1, -0.05) is 0 Å². The highest BCUT2D eigenvalue weighted by molar-refractivity contribution is 7.92.